The molecule has 0 aliphatic rings. The van der Waals surface area contributed by atoms with Gasteiger partial charge in [-0.3, -0.25) is 4.79 Å². The molecule has 100 valence electrons. The Morgan fingerprint density at radius 3 is 2.60 bits per heavy atom. The number of fused-ring (bicyclic) bond motifs is 1. The Bertz CT molecular complexity index is 825. The topological polar surface area (TPSA) is 58.9 Å². The molecule has 1 heterocycles. The summed E-state index contributed by atoms with van der Waals surface area (Å²) < 4.78 is 0. The molecule has 3 rings (SSSR count). The highest BCUT2D eigenvalue weighted by molar-refractivity contribution is 6.31. The molecule has 0 fully saturated rings. The lowest BCUT2D eigenvalue weighted by molar-refractivity contribution is 1.15. The molecule has 0 spiro atoms. The number of nitrogens with one attached hydrogen (secondary N) is 1. The Morgan fingerprint density at radius 1 is 1.10 bits per heavy atom. The second-order valence-corrected chi connectivity index (χ2v) is 5.14. The number of hydrogen-bond donors (Lipinski definition) is 2. The monoisotopic (exact) mass is 284 g/mol. The third-order valence-electron chi connectivity index (χ3n) is 3.32. The molecule has 0 saturated carbocycles. The smallest absolute Gasteiger partial charge is 0.195 e. The minimum Gasteiger partial charge on any atom is -0.385 e. The largest absolute Gasteiger partial charge is 0.385 e. The van der Waals surface area contributed by atoms with E-state index in [0.717, 1.165) is 5.56 Å². The standard InChI is InChI=1S/C16H13ClN2O/c17-11-6-7-14-12(9-11)15(20)13(16(18)19-14)8-10-4-2-1-3-5-10/h1-7,9H,8H2,(H3,18,19,20). The lowest BCUT2D eigenvalue weighted by Gasteiger charge is -2.08. The van der Waals surface area contributed by atoms with Gasteiger partial charge in [0.05, 0.1) is 5.52 Å². The summed E-state index contributed by atoms with van der Waals surface area (Å²) in [7, 11) is 0. The van der Waals surface area contributed by atoms with Crippen LogP contribution >= 0.6 is 11.6 Å². The Balaban J connectivity index is 2.18. The lowest BCUT2D eigenvalue weighted by Crippen LogP contribution is -2.15. The van der Waals surface area contributed by atoms with Gasteiger partial charge in [-0.2, -0.15) is 0 Å². The number of aromatic nitrogens is 1. The molecule has 0 unspecified atom stereocenters. The molecule has 2 aromatic carbocycles. The molecular formula is C16H13ClN2O. The van der Waals surface area contributed by atoms with Crippen molar-refractivity contribution in [2.45, 2.75) is 6.42 Å². The lowest BCUT2D eigenvalue weighted by atomic mass is 10.0. The van der Waals surface area contributed by atoms with Crippen LogP contribution in [-0.4, -0.2) is 4.98 Å². The molecule has 0 saturated heterocycles. The normalized spacial score (nSPS) is 10.8. The number of aromatic amines is 1. The molecule has 0 radical (unpaired) electrons. The first-order valence-corrected chi connectivity index (χ1v) is 6.67. The summed E-state index contributed by atoms with van der Waals surface area (Å²) in [6.07, 6.45) is 0.504. The van der Waals surface area contributed by atoms with Gasteiger partial charge in [-0.05, 0) is 23.8 Å². The molecule has 0 amide bonds. The fourth-order valence-electron chi connectivity index (χ4n) is 2.29. The molecule has 0 bridgehead atoms. The fourth-order valence-corrected chi connectivity index (χ4v) is 2.47. The van der Waals surface area contributed by atoms with Crippen LogP contribution in [0.15, 0.2) is 53.3 Å². The Labute approximate surface area is 121 Å². The highest BCUT2D eigenvalue weighted by atomic mass is 35.5. The summed E-state index contributed by atoms with van der Waals surface area (Å²) in [5.41, 5.74) is 8.24. The fraction of sp³-hybridized carbons (Fsp3) is 0.0625. The van der Waals surface area contributed by atoms with Gasteiger partial charge in [0.1, 0.15) is 5.82 Å². The van der Waals surface area contributed by atoms with Crippen molar-refractivity contribution in [3.63, 3.8) is 0 Å². The minimum atomic E-state index is -0.0670. The van der Waals surface area contributed by atoms with E-state index in [1.807, 2.05) is 30.3 Å². The number of nitrogen functional groups attached to an aromatic ring is 1. The van der Waals surface area contributed by atoms with E-state index in [4.69, 9.17) is 17.3 Å². The second kappa shape index (κ2) is 5.02. The van der Waals surface area contributed by atoms with Crippen molar-refractivity contribution in [2.75, 3.05) is 5.73 Å². The number of H-pyrrole nitrogens is 1. The summed E-state index contributed by atoms with van der Waals surface area (Å²) in [6, 6.07) is 14.9. The van der Waals surface area contributed by atoms with Crippen LogP contribution in [0.2, 0.25) is 5.02 Å². The van der Waals surface area contributed by atoms with E-state index in [0.29, 0.717) is 33.7 Å². The van der Waals surface area contributed by atoms with Gasteiger partial charge < -0.3 is 10.7 Å². The molecule has 20 heavy (non-hydrogen) atoms. The van der Waals surface area contributed by atoms with Crippen molar-refractivity contribution in [1.29, 1.82) is 0 Å². The van der Waals surface area contributed by atoms with E-state index in [1.54, 1.807) is 18.2 Å². The maximum absolute atomic E-state index is 12.5. The zero-order chi connectivity index (χ0) is 14.1. The van der Waals surface area contributed by atoms with E-state index in [-0.39, 0.29) is 5.43 Å². The SMILES string of the molecule is Nc1[nH]c2ccc(Cl)cc2c(=O)c1Cc1ccccc1. The van der Waals surface area contributed by atoms with Crippen molar-refractivity contribution in [3.8, 4) is 0 Å². The zero-order valence-corrected chi connectivity index (χ0v) is 11.4. The predicted molar refractivity (Wildman–Crippen MR) is 83.2 cm³/mol. The molecule has 1 aromatic heterocycles. The quantitative estimate of drug-likeness (QED) is 0.758. The molecule has 3 N–H and O–H groups in total. The zero-order valence-electron chi connectivity index (χ0n) is 10.7. The Kier molecular flexibility index (Phi) is 3.20. The first kappa shape index (κ1) is 12.8. The summed E-state index contributed by atoms with van der Waals surface area (Å²) in [6.45, 7) is 0. The van der Waals surface area contributed by atoms with Crippen LogP contribution in [-0.2, 0) is 6.42 Å². The number of rotatable bonds is 2. The molecule has 0 aliphatic heterocycles. The summed E-state index contributed by atoms with van der Waals surface area (Å²) in [4.78, 5) is 15.6. The van der Waals surface area contributed by atoms with Crippen molar-refractivity contribution in [3.05, 3.63) is 74.9 Å². The van der Waals surface area contributed by atoms with Gasteiger partial charge in [0, 0.05) is 22.4 Å². The number of hydrogen-bond acceptors (Lipinski definition) is 2. The first-order valence-electron chi connectivity index (χ1n) is 6.29. The van der Waals surface area contributed by atoms with Crippen LogP contribution in [0.4, 0.5) is 5.82 Å². The van der Waals surface area contributed by atoms with Crippen molar-refractivity contribution < 1.29 is 0 Å². The Morgan fingerprint density at radius 2 is 1.85 bits per heavy atom. The number of pyridine rings is 1. The predicted octanol–water partition coefficient (Wildman–Crippen LogP) is 3.35. The van der Waals surface area contributed by atoms with Crippen LogP contribution in [0, 0.1) is 0 Å². The van der Waals surface area contributed by atoms with E-state index < -0.39 is 0 Å². The summed E-state index contributed by atoms with van der Waals surface area (Å²) in [5, 5.41) is 1.11. The van der Waals surface area contributed by atoms with Crippen LogP contribution in [0.1, 0.15) is 11.1 Å². The highest BCUT2D eigenvalue weighted by Gasteiger charge is 2.11. The van der Waals surface area contributed by atoms with Crippen LogP contribution in [0.3, 0.4) is 0 Å². The minimum absolute atomic E-state index is 0.0670. The van der Waals surface area contributed by atoms with Gasteiger partial charge in [-0.15, -0.1) is 0 Å². The van der Waals surface area contributed by atoms with E-state index in [9.17, 15) is 4.79 Å². The van der Waals surface area contributed by atoms with Crippen molar-refractivity contribution in [1.82, 2.24) is 4.98 Å². The molecule has 0 aliphatic carbocycles. The van der Waals surface area contributed by atoms with Gasteiger partial charge in [0.25, 0.3) is 0 Å². The van der Waals surface area contributed by atoms with Crippen molar-refractivity contribution in [2.24, 2.45) is 0 Å². The number of benzene rings is 2. The van der Waals surface area contributed by atoms with Gasteiger partial charge in [0.2, 0.25) is 0 Å². The van der Waals surface area contributed by atoms with Crippen LogP contribution in [0.5, 0.6) is 0 Å². The van der Waals surface area contributed by atoms with E-state index in [1.165, 1.54) is 0 Å². The van der Waals surface area contributed by atoms with Gasteiger partial charge in [0.15, 0.2) is 5.43 Å². The molecule has 3 nitrogen and oxygen atoms in total. The van der Waals surface area contributed by atoms with Gasteiger partial charge in [-0.25, -0.2) is 0 Å². The van der Waals surface area contributed by atoms with Crippen molar-refractivity contribution >= 4 is 28.3 Å². The summed E-state index contributed by atoms with van der Waals surface area (Å²) >= 11 is 5.96. The third-order valence-corrected chi connectivity index (χ3v) is 3.55. The molecule has 0 atom stereocenters. The van der Waals surface area contributed by atoms with Crippen LogP contribution < -0.4 is 11.2 Å². The Hall–Kier alpha value is -2.26. The third kappa shape index (κ3) is 2.28. The van der Waals surface area contributed by atoms with E-state index >= 15 is 0 Å². The van der Waals surface area contributed by atoms with Crippen LogP contribution in [0.25, 0.3) is 10.9 Å². The maximum Gasteiger partial charge on any atom is 0.195 e. The number of nitrogens with two attached hydrogens (primary N) is 1. The highest BCUT2D eigenvalue weighted by Crippen LogP contribution is 2.19. The van der Waals surface area contributed by atoms with Gasteiger partial charge in [-0.1, -0.05) is 41.9 Å². The van der Waals surface area contributed by atoms with Gasteiger partial charge >= 0.3 is 0 Å². The number of anilines is 1. The summed E-state index contributed by atoms with van der Waals surface area (Å²) in [5.74, 6) is 0.411. The average molecular weight is 285 g/mol. The molecule has 4 heteroatoms. The van der Waals surface area contributed by atoms with E-state index in [2.05, 4.69) is 4.98 Å². The molecular weight excluding hydrogens is 272 g/mol. The average Bonchev–Trinajstić information content (AvgIpc) is 2.46. The molecule has 3 aromatic rings. The first-order chi connectivity index (χ1) is 9.65. The second-order valence-electron chi connectivity index (χ2n) is 4.70. The number of halogens is 1. The maximum atomic E-state index is 12.5.